The lowest BCUT2D eigenvalue weighted by atomic mass is 10.0. The van der Waals surface area contributed by atoms with Gasteiger partial charge >= 0.3 is 5.97 Å². The van der Waals surface area contributed by atoms with Gasteiger partial charge < -0.3 is 10.0 Å². The van der Waals surface area contributed by atoms with E-state index in [9.17, 15) is 9.59 Å². The summed E-state index contributed by atoms with van der Waals surface area (Å²) in [4.78, 5) is 25.3. The first kappa shape index (κ1) is 15.6. The predicted octanol–water partition coefficient (Wildman–Crippen LogP) is 1.82. The van der Waals surface area contributed by atoms with Crippen LogP contribution in [-0.2, 0) is 11.2 Å². The van der Waals surface area contributed by atoms with Crippen molar-refractivity contribution in [3.63, 3.8) is 0 Å². The van der Waals surface area contributed by atoms with Crippen molar-refractivity contribution >= 4 is 23.4 Å². The Hall–Kier alpha value is -1.50. The molecule has 1 aromatic heterocycles. The number of carbonyl (C=O) groups excluding carboxylic acids is 1. The van der Waals surface area contributed by atoms with Crippen LogP contribution in [0, 0.1) is 0 Å². The monoisotopic (exact) mass is 285 g/mol. The van der Waals surface area contributed by atoms with Gasteiger partial charge in [0.1, 0.15) is 4.88 Å². The van der Waals surface area contributed by atoms with Crippen LogP contribution in [0.4, 0.5) is 0 Å². The Morgan fingerprint density at radius 1 is 1.37 bits per heavy atom. The van der Waals surface area contributed by atoms with Crippen molar-refractivity contribution in [1.29, 1.82) is 0 Å². The summed E-state index contributed by atoms with van der Waals surface area (Å²) >= 11 is 1.06. The molecule has 1 aromatic rings. The molecule has 0 aliphatic carbocycles. The first-order valence-corrected chi connectivity index (χ1v) is 6.89. The Morgan fingerprint density at radius 2 is 2.00 bits per heavy atom. The minimum atomic E-state index is -0.916. The molecule has 0 unspecified atom stereocenters. The molecule has 0 radical (unpaired) electrons. The summed E-state index contributed by atoms with van der Waals surface area (Å²) in [6.45, 7) is 7.73. The number of carboxylic acids is 1. The minimum absolute atomic E-state index is 0.0727. The van der Waals surface area contributed by atoms with E-state index in [-0.39, 0.29) is 18.9 Å². The lowest BCUT2D eigenvalue weighted by Crippen LogP contribution is -2.46. The zero-order chi connectivity index (χ0) is 14.6. The van der Waals surface area contributed by atoms with Crippen molar-refractivity contribution < 1.29 is 14.7 Å². The van der Waals surface area contributed by atoms with Crippen molar-refractivity contribution in [1.82, 2.24) is 14.5 Å². The van der Waals surface area contributed by atoms with Crippen molar-refractivity contribution in [2.45, 2.75) is 46.1 Å². The molecule has 0 aliphatic rings. The summed E-state index contributed by atoms with van der Waals surface area (Å²) in [7, 11) is 0. The number of aliphatic carboxylic acids is 1. The maximum absolute atomic E-state index is 12.5. The van der Waals surface area contributed by atoms with E-state index in [1.807, 2.05) is 27.7 Å². The summed E-state index contributed by atoms with van der Waals surface area (Å²) < 4.78 is 3.80. The molecule has 0 saturated carbocycles. The molecule has 0 fully saturated rings. The summed E-state index contributed by atoms with van der Waals surface area (Å²) in [5, 5.41) is 12.7. The number of rotatable bonds is 5. The highest BCUT2D eigenvalue weighted by Crippen LogP contribution is 2.21. The first-order valence-electron chi connectivity index (χ1n) is 6.12. The summed E-state index contributed by atoms with van der Waals surface area (Å²) in [5.74, 6) is -1.11. The number of aryl methyl sites for hydroxylation is 1. The number of carbonyl (C=O) groups is 2. The fraction of sp³-hybridized carbons (Fsp3) is 0.667. The summed E-state index contributed by atoms with van der Waals surface area (Å²) in [6.07, 6.45) is 0.561. The fourth-order valence-corrected chi connectivity index (χ4v) is 2.37. The van der Waals surface area contributed by atoms with Crippen LogP contribution in [0.3, 0.4) is 0 Å². The third-order valence-corrected chi connectivity index (χ3v) is 3.45. The normalized spacial score (nSPS) is 11.4. The molecule has 6 nitrogen and oxygen atoms in total. The molecular formula is C12H19N3O3S. The van der Waals surface area contributed by atoms with Crippen molar-refractivity contribution in [3.8, 4) is 0 Å². The highest BCUT2D eigenvalue weighted by atomic mass is 32.1. The molecule has 1 N–H and O–H groups in total. The van der Waals surface area contributed by atoms with Crippen LogP contribution in [0.1, 0.15) is 49.5 Å². The molecule has 0 aliphatic heterocycles. The van der Waals surface area contributed by atoms with Crippen LogP contribution in [0.5, 0.6) is 0 Å². The smallest absolute Gasteiger partial charge is 0.305 e. The lowest BCUT2D eigenvalue weighted by Gasteiger charge is -2.35. The number of aromatic nitrogens is 2. The Morgan fingerprint density at radius 3 is 2.47 bits per heavy atom. The third kappa shape index (κ3) is 3.99. The second kappa shape index (κ2) is 6.10. The topological polar surface area (TPSA) is 83.4 Å². The Balaban J connectivity index is 2.98. The Labute approximate surface area is 116 Å². The molecule has 106 valence electrons. The number of amides is 1. The first-order chi connectivity index (χ1) is 8.77. The maximum atomic E-state index is 12.5. The van der Waals surface area contributed by atoms with E-state index in [2.05, 4.69) is 9.59 Å². The molecule has 0 spiro atoms. The van der Waals surface area contributed by atoms with Crippen molar-refractivity contribution in [2.75, 3.05) is 6.54 Å². The van der Waals surface area contributed by atoms with E-state index >= 15 is 0 Å². The van der Waals surface area contributed by atoms with Crippen LogP contribution < -0.4 is 0 Å². The van der Waals surface area contributed by atoms with E-state index in [0.717, 1.165) is 11.5 Å². The molecule has 0 atom stereocenters. The van der Waals surface area contributed by atoms with Gasteiger partial charge in [-0.05, 0) is 38.7 Å². The van der Waals surface area contributed by atoms with Crippen LogP contribution in [0.2, 0.25) is 0 Å². The average molecular weight is 285 g/mol. The molecule has 19 heavy (non-hydrogen) atoms. The van der Waals surface area contributed by atoms with Crippen LogP contribution >= 0.6 is 11.5 Å². The lowest BCUT2D eigenvalue weighted by molar-refractivity contribution is -0.137. The van der Waals surface area contributed by atoms with Gasteiger partial charge in [-0.2, -0.15) is 0 Å². The second-order valence-electron chi connectivity index (χ2n) is 5.17. The van der Waals surface area contributed by atoms with E-state index < -0.39 is 11.5 Å². The van der Waals surface area contributed by atoms with Gasteiger partial charge in [0, 0.05) is 12.1 Å². The van der Waals surface area contributed by atoms with Gasteiger partial charge in [-0.15, -0.1) is 5.10 Å². The zero-order valence-electron chi connectivity index (χ0n) is 11.6. The highest BCUT2D eigenvalue weighted by molar-refractivity contribution is 7.08. The molecular weight excluding hydrogens is 266 g/mol. The largest absolute Gasteiger partial charge is 0.481 e. The molecule has 1 heterocycles. The van der Waals surface area contributed by atoms with Crippen LogP contribution in [0.25, 0.3) is 0 Å². The van der Waals surface area contributed by atoms with Crippen LogP contribution in [-0.4, -0.2) is 43.6 Å². The molecule has 7 heteroatoms. The number of carboxylic acid groups (broad SMARTS) is 1. The van der Waals surface area contributed by atoms with E-state index in [4.69, 9.17) is 5.11 Å². The average Bonchev–Trinajstić information content (AvgIpc) is 2.74. The van der Waals surface area contributed by atoms with Gasteiger partial charge in [0.2, 0.25) is 0 Å². The summed E-state index contributed by atoms with van der Waals surface area (Å²) in [6, 6.07) is 0. The van der Waals surface area contributed by atoms with Crippen molar-refractivity contribution in [2.24, 2.45) is 0 Å². The Kier molecular flexibility index (Phi) is 4.99. The van der Waals surface area contributed by atoms with Gasteiger partial charge in [0.15, 0.2) is 0 Å². The molecule has 1 rings (SSSR count). The molecule has 0 saturated heterocycles. The maximum Gasteiger partial charge on any atom is 0.305 e. The predicted molar refractivity (Wildman–Crippen MR) is 72.3 cm³/mol. The second-order valence-corrected chi connectivity index (χ2v) is 5.93. The number of hydrogen-bond acceptors (Lipinski definition) is 5. The molecule has 0 bridgehead atoms. The SMILES string of the molecule is CCc1nnsc1C(=O)N(CCC(=O)O)C(C)(C)C. The standard InChI is InChI=1S/C12H19N3O3S/c1-5-8-10(19-14-13-8)11(18)15(12(2,3)4)7-6-9(16)17/h5-7H2,1-4H3,(H,16,17). The van der Waals surface area contributed by atoms with Crippen molar-refractivity contribution in [3.05, 3.63) is 10.6 Å². The number of nitrogens with zero attached hydrogens (tertiary/aromatic N) is 3. The zero-order valence-corrected chi connectivity index (χ0v) is 12.5. The van der Waals surface area contributed by atoms with E-state index in [0.29, 0.717) is 17.0 Å². The van der Waals surface area contributed by atoms with Gasteiger partial charge in [0.25, 0.3) is 5.91 Å². The third-order valence-electron chi connectivity index (χ3n) is 2.69. The molecule has 1 amide bonds. The minimum Gasteiger partial charge on any atom is -0.481 e. The van der Waals surface area contributed by atoms with Crippen LogP contribution in [0.15, 0.2) is 0 Å². The van der Waals surface area contributed by atoms with E-state index in [1.165, 1.54) is 0 Å². The quantitative estimate of drug-likeness (QED) is 0.892. The molecule has 0 aromatic carbocycles. The fourth-order valence-electron chi connectivity index (χ4n) is 1.67. The van der Waals surface area contributed by atoms with Gasteiger partial charge in [0.05, 0.1) is 12.1 Å². The van der Waals surface area contributed by atoms with E-state index in [1.54, 1.807) is 4.90 Å². The van der Waals surface area contributed by atoms with Gasteiger partial charge in [-0.25, -0.2) is 0 Å². The highest BCUT2D eigenvalue weighted by Gasteiger charge is 2.30. The van der Waals surface area contributed by atoms with Gasteiger partial charge in [-0.3, -0.25) is 9.59 Å². The Bertz CT molecular complexity index is 465. The van der Waals surface area contributed by atoms with Gasteiger partial charge in [-0.1, -0.05) is 11.4 Å². The summed E-state index contributed by atoms with van der Waals surface area (Å²) in [5.41, 5.74) is 0.223. The number of hydrogen-bond donors (Lipinski definition) is 1.